The average molecular weight is 430 g/mol. The van der Waals surface area contributed by atoms with Gasteiger partial charge in [-0.25, -0.2) is 15.0 Å². The van der Waals surface area contributed by atoms with Gasteiger partial charge >= 0.3 is 0 Å². The third kappa shape index (κ3) is 4.17. The van der Waals surface area contributed by atoms with Gasteiger partial charge in [-0.1, -0.05) is 34.8 Å². The Balaban J connectivity index is 0.000000155. The number of carbonyl (C=O) groups is 2. The fraction of sp³-hybridized carbons (Fsp3) is 0.438. The Bertz CT molecular complexity index is 839. The van der Waals surface area contributed by atoms with E-state index in [1.807, 2.05) is 14.7 Å². The third-order valence-corrected chi connectivity index (χ3v) is 4.74. The van der Waals surface area contributed by atoms with Crippen molar-refractivity contribution < 1.29 is 9.59 Å². The van der Waals surface area contributed by atoms with Crippen LogP contribution in [0, 0.1) is 0 Å². The number of halogens is 3. The lowest BCUT2D eigenvalue weighted by atomic mass is 10.0. The molecule has 27 heavy (non-hydrogen) atoms. The zero-order chi connectivity index (χ0) is 19.2. The Kier molecular flexibility index (Phi) is 4.73. The second-order valence-corrected chi connectivity index (χ2v) is 8.62. The van der Waals surface area contributed by atoms with Crippen molar-refractivity contribution in [1.82, 2.24) is 29.7 Å². The first-order valence-corrected chi connectivity index (χ1v) is 9.48. The summed E-state index contributed by atoms with van der Waals surface area (Å²) in [5.74, 6) is 0.180. The van der Waals surface area contributed by atoms with Crippen LogP contribution < -0.4 is 0 Å². The maximum Gasteiger partial charge on any atom is 0.250 e. The molecular formula is C16H15Cl3N6O2. The van der Waals surface area contributed by atoms with Gasteiger partial charge in [0.25, 0.3) is 0 Å². The normalized spacial score (nSPS) is 21.0. The van der Waals surface area contributed by atoms with Crippen LogP contribution >= 0.6 is 34.8 Å². The van der Waals surface area contributed by atoms with Crippen LogP contribution in [0.1, 0.15) is 5.82 Å². The Labute approximate surface area is 170 Å². The molecule has 0 aromatic carbocycles. The van der Waals surface area contributed by atoms with E-state index in [1.165, 1.54) is 18.7 Å². The molecule has 11 heteroatoms. The molecule has 3 fully saturated rings. The van der Waals surface area contributed by atoms with Gasteiger partial charge < -0.3 is 14.7 Å². The molecule has 0 N–H and O–H groups in total. The lowest BCUT2D eigenvalue weighted by Gasteiger charge is -2.21. The first kappa shape index (κ1) is 18.5. The molecule has 3 saturated heterocycles. The minimum Gasteiger partial charge on any atom is -0.365 e. The van der Waals surface area contributed by atoms with E-state index in [0.29, 0.717) is 17.1 Å². The number of aromatic nitrogens is 3. The summed E-state index contributed by atoms with van der Waals surface area (Å²) in [5, 5.41) is 0. The molecule has 5 rings (SSSR count). The van der Waals surface area contributed by atoms with E-state index in [9.17, 15) is 9.59 Å². The van der Waals surface area contributed by atoms with Gasteiger partial charge in [0, 0.05) is 45.3 Å². The van der Waals surface area contributed by atoms with E-state index < -0.39 is 3.79 Å². The highest BCUT2D eigenvalue weighted by atomic mass is 35.6. The molecule has 1 aliphatic carbocycles. The second-order valence-electron chi connectivity index (χ2n) is 6.34. The van der Waals surface area contributed by atoms with Crippen LogP contribution in [0.5, 0.6) is 0 Å². The molecule has 4 heterocycles. The highest BCUT2D eigenvalue weighted by molar-refractivity contribution is 6.66. The van der Waals surface area contributed by atoms with Crippen molar-refractivity contribution in [2.45, 2.75) is 3.79 Å². The summed E-state index contributed by atoms with van der Waals surface area (Å²) in [6, 6.07) is 0. The number of allylic oxidation sites excluding steroid dienone is 1. The summed E-state index contributed by atoms with van der Waals surface area (Å²) in [6.45, 7) is 5.41. The van der Waals surface area contributed by atoms with Gasteiger partial charge in [-0.15, -0.1) is 0 Å². The maximum absolute atomic E-state index is 12.4. The first-order chi connectivity index (χ1) is 12.9. The summed E-state index contributed by atoms with van der Waals surface area (Å²) >= 11 is 16.3. The van der Waals surface area contributed by atoms with Crippen molar-refractivity contribution in [2.24, 2.45) is 0 Å². The molecule has 8 nitrogen and oxygen atoms in total. The first-order valence-electron chi connectivity index (χ1n) is 8.35. The highest BCUT2D eigenvalue weighted by Crippen LogP contribution is 2.35. The molecule has 4 aliphatic rings. The van der Waals surface area contributed by atoms with Crippen LogP contribution in [0.15, 0.2) is 35.8 Å². The Morgan fingerprint density at radius 3 is 1.78 bits per heavy atom. The number of Topliss-reactive ketones (excluding diaryl/α,β-unsaturated/α-hetero) is 1. The van der Waals surface area contributed by atoms with Crippen LogP contribution in [0.25, 0.3) is 0 Å². The number of hydrogen-bond acceptors (Lipinski definition) is 8. The van der Waals surface area contributed by atoms with E-state index in [4.69, 9.17) is 34.8 Å². The summed E-state index contributed by atoms with van der Waals surface area (Å²) in [5.41, 5.74) is 1.89. The van der Waals surface area contributed by atoms with Gasteiger partial charge in [0.15, 0.2) is 5.82 Å². The summed E-state index contributed by atoms with van der Waals surface area (Å²) in [4.78, 5) is 41.3. The standard InChI is InChI=1S/C12H13N3O2.C4H2Cl3N3/c16-9-7-8(13-1-2-13)12(17)11(15-5-6-15)10(9)14-3-4-14;5-4(6,7)3-9-1-8-2-10-3/h7H,1-6H2;1-2H. The molecule has 3 aliphatic heterocycles. The Morgan fingerprint density at radius 1 is 0.815 bits per heavy atom. The third-order valence-electron chi connectivity index (χ3n) is 4.23. The molecule has 0 spiro atoms. The fourth-order valence-corrected chi connectivity index (χ4v) is 2.95. The van der Waals surface area contributed by atoms with Crippen LogP contribution in [0.4, 0.5) is 0 Å². The van der Waals surface area contributed by atoms with Gasteiger partial charge in [0.05, 0.1) is 5.70 Å². The number of hydrogen-bond donors (Lipinski definition) is 0. The molecule has 0 saturated carbocycles. The Hall–Kier alpha value is -1.90. The number of alkyl halides is 3. The van der Waals surface area contributed by atoms with Gasteiger partial charge in [0.2, 0.25) is 15.4 Å². The van der Waals surface area contributed by atoms with E-state index in [2.05, 4.69) is 15.0 Å². The van der Waals surface area contributed by atoms with Crippen molar-refractivity contribution in [1.29, 1.82) is 0 Å². The molecule has 0 unspecified atom stereocenters. The summed E-state index contributed by atoms with van der Waals surface area (Å²) in [7, 11) is 0. The van der Waals surface area contributed by atoms with Gasteiger partial charge in [-0.2, -0.15) is 0 Å². The highest BCUT2D eigenvalue weighted by Gasteiger charge is 2.43. The van der Waals surface area contributed by atoms with Gasteiger partial charge in [0.1, 0.15) is 24.0 Å². The molecule has 1 aromatic rings. The minimum atomic E-state index is -1.55. The largest absolute Gasteiger partial charge is 0.365 e. The summed E-state index contributed by atoms with van der Waals surface area (Å²) < 4.78 is -1.55. The lowest BCUT2D eigenvalue weighted by molar-refractivity contribution is -0.117. The minimum absolute atomic E-state index is 0.00546. The van der Waals surface area contributed by atoms with Crippen molar-refractivity contribution in [3.8, 4) is 0 Å². The predicted molar refractivity (Wildman–Crippen MR) is 98.9 cm³/mol. The quantitative estimate of drug-likeness (QED) is 0.398. The van der Waals surface area contributed by atoms with E-state index in [-0.39, 0.29) is 17.4 Å². The van der Waals surface area contributed by atoms with Crippen molar-refractivity contribution in [2.75, 3.05) is 39.3 Å². The second kappa shape index (κ2) is 6.92. The van der Waals surface area contributed by atoms with E-state index in [1.54, 1.807) is 0 Å². The van der Waals surface area contributed by atoms with Crippen molar-refractivity contribution in [3.63, 3.8) is 0 Å². The predicted octanol–water partition coefficient (Wildman–Crippen LogP) is 0.879. The monoisotopic (exact) mass is 428 g/mol. The van der Waals surface area contributed by atoms with Gasteiger partial charge in [-0.3, -0.25) is 9.59 Å². The summed E-state index contributed by atoms with van der Waals surface area (Å²) in [6.07, 6.45) is 4.06. The molecule has 0 atom stereocenters. The van der Waals surface area contributed by atoms with Crippen LogP contribution in [0.3, 0.4) is 0 Å². The number of nitrogens with zero attached hydrogens (tertiary/aromatic N) is 6. The van der Waals surface area contributed by atoms with Crippen LogP contribution in [0.2, 0.25) is 0 Å². The average Bonchev–Trinajstić information content (AvgIpc) is 3.48. The number of ketones is 2. The maximum atomic E-state index is 12.4. The molecule has 0 amide bonds. The smallest absolute Gasteiger partial charge is 0.250 e. The Morgan fingerprint density at radius 2 is 1.33 bits per heavy atom. The fourth-order valence-electron chi connectivity index (χ4n) is 2.66. The zero-order valence-corrected chi connectivity index (χ0v) is 16.4. The van der Waals surface area contributed by atoms with Crippen molar-refractivity contribution >= 4 is 46.4 Å². The van der Waals surface area contributed by atoms with E-state index in [0.717, 1.165) is 39.3 Å². The molecule has 1 aromatic heterocycles. The number of carbonyl (C=O) groups excluding carboxylic acids is 2. The zero-order valence-electron chi connectivity index (χ0n) is 14.1. The van der Waals surface area contributed by atoms with E-state index >= 15 is 0 Å². The molecule has 0 radical (unpaired) electrons. The molecule has 142 valence electrons. The van der Waals surface area contributed by atoms with Crippen molar-refractivity contribution in [3.05, 3.63) is 41.6 Å². The number of rotatable bonds is 3. The lowest BCUT2D eigenvalue weighted by Crippen LogP contribution is -2.29. The topological polar surface area (TPSA) is 81.8 Å². The SMILES string of the molecule is ClC(Cl)(Cl)c1ncncn1.O=C1C=C(N2CC2)C(=O)C(N2CC2)=C1N1CC1. The van der Waals surface area contributed by atoms with Crippen LogP contribution in [-0.4, -0.2) is 80.5 Å². The van der Waals surface area contributed by atoms with Crippen LogP contribution in [-0.2, 0) is 13.4 Å². The van der Waals surface area contributed by atoms with Gasteiger partial charge in [-0.05, 0) is 0 Å². The molecular weight excluding hydrogens is 415 g/mol. The molecule has 0 bridgehead atoms.